The van der Waals surface area contributed by atoms with Gasteiger partial charge in [-0.2, -0.15) is 4.98 Å². The van der Waals surface area contributed by atoms with E-state index in [-0.39, 0.29) is 11.9 Å². The number of benzene rings is 2. The topological polar surface area (TPSA) is 77.2 Å². The van der Waals surface area contributed by atoms with E-state index in [1.54, 1.807) is 13.2 Å². The Morgan fingerprint density at radius 2 is 1.96 bits per heavy atom. The smallest absolute Gasteiger partial charge is 0.316 e. The molecule has 0 saturated carbocycles. The number of hydrogen-bond donors (Lipinski definition) is 1. The van der Waals surface area contributed by atoms with E-state index >= 15 is 0 Å². The van der Waals surface area contributed by atoms with Crippen molar-refractivity contribution in [1.29, 1.82) is 0 Å². The highest BCUT2D eigenvalue weighted by molar-refractivity contribution is 5.90. The van der Waals surface area contributed by atoms with Crippen LogP contribution in [-0.2, 0) is 0 Å². The van der Waals surface area contributed by atoms with Gasteiger partial charge in [0.2, 0.25) is 5.82 Å². The van der Waals surface area contributed by atoms with E-state index in [1.807, 2.05) is 55.5 Å². The predicted molar refractivity (Wildman–Crippen MR) is 88.6 cm³/mol. The van der Waals surface area contributed by atoms with Gasteiger partial charge in [0, 0.05) is 5.56 Å². The van der Waals surface area contributed by atoms with Crippen LogP contribution in [0.4, 0.5) is 0 Å². The molecular formula is C18H17N3O3. The van der Waals surface area contributed by atoms with Gasteiger partial charge in [-0.25, -0.2) is 0 Å². The van der Waals surface area contributed by atoms with Crippen molar-refractivity contribution in [1.82, 2.24) is 15.5 Å². The summed E-state index contributed by atoms with van der Waals surface area (Å²) in [6, 6.07) is 16.7. The lowest BCUT2D eigenvalue weighted by Gasteiger charge is -2.12. The highest BCUT2D eigenvalue weighted by Gasteiger charge is 2.18. The first kappa shape index (κ1) is 15.7. The third-order valence-electron chi connectivity index (χ3n) is 3.60. The molecule has 0 aliphatic carbocycles. The number of nitrogens with zero attached hydrogens (tertiary/aromatic N) is 2. The van der Waals surface area contributed by atoms with E-state index in [4.69, 9.17) is 9.26 Å². The Morgan fingerprint density at radius 3 is 2.71 bits per heavy atom. The Labute approximate surface area is 139 Å². The van der Waals surface area contributed by atoms with Crippen molar-refractivity contribution in [2.75, 3.05) is 7.11 Å². The molecule has 0 saturated heterocycles. The minimum Gasteiger partial charge on any atom is -0.497 e. The Morgan fingerprint density at radius 1 is 1.17 bits per heavy atom. The number of hydrogen-bond acceptors (Lipinski definition) is 5. The van der Waals surface area contributed by atoms with E-state index in [1.165, 1.54) is 0 Å². The van der Waals surface area contributed by atoms with Gasteiger partial charge in [-0.15, -0.1) is 0 Å². The molecule has 2 aromatic carbocycles. The van der Waals surface area contributed by atoms with Gasteiger partial charge >= 0.3 is 11.8 Å². The summed E-state index contributed by atoms with van der Waals surface area (Å²) in [5.41, 5.74) is 1.71. The summed E-state index contributed by atoms with van der Waals surface area (Å²) in [7, 11) is 1.58. The maximum absolute atomic E-state index is 12.3. The van der Waals surface area contributed by atoms with Gasteiger partial charge in [-0.1, -0.05) is 47.6 Å². The molecular weight excluding hydrogens is 306 g/mol. The minimum atomic E-state index is -0.409. The fourth-order valence-corrected chi connectivity index (χ4v) is 2.28. The number of amides is 1. The van der Waals surface area contributed by atoms with Gasteiger partial charge in [-0.05, 0) is 24.6 Å². The van der Waals surface area contributed by atoms with E-state index in [2.05, 4.69) is 15.5 Å². The van der Waals surface area contributed by atoms with E-state index in [0.29, 0.717) is 17.1 Å². The van der Waals surface area contributed by atoms with Gasteiger partial charge in [0.05, 0.1) is 13.2 Å². The second-order valence-electron chi connectivity index (χ2n) is 5.26. The Kier molecular flexibility index (Phi) is 4.56. The zero-order chi connectivity index (χ0) is 16.9. The first-order valence-electron chi connectivity index (χ1n) is 7.51. The molecule has 3 aromatic rings. The molecule has 0 bridgehead atoms. The van der Waals surface area contributed by atoms with E-state index in [9.17, 15) is 4.79 Å². The molecule has 1 aromatic heterocycles. The van der Waals surface area contributed by atoms with Crippen LogP contribution >= 0.6 is 0 Å². The predicted octanol–water partition coefficient (Wildman–Crippen LogP) is 3.24. The normalized spacial score (nSPS) is 11.8. The van der Waals surface area contributed by atoms with Crippen molar-refractivity contribution >= 4 is 5.91 Å². The largest absolute Gasteiger partial charge is 0.497 e. The lowest BCUT2D eigenvalue weighted by molar-refractivity contribution is 0.0895. The van der Waals surface area contributed by atoms with Crippen LogP contribution in [0, 0.1) is 0 Å². The number of nitrogens with one attached hydrogen (secondary N) is 1. The summed E-state index contributed by atoms with van der Waals surface area (Å²) in [6.45, 7) is 1.90. The Hall–Kier alpha value is -3.15. The highest BCUT2D eigenvalue weighted by atomic mass is 16.5. The van der Waals surface area contributed by atoms with Crippen LogP contribution in [0.3, 0.4) is 0 Å². The second-order valence-corrected chi connectivity index (χ2v) is 5.26. The van der Waals surface area contributed by atoms with Gasteiger partial charge in [0.25, 0.3) is 0 Å². The number of methoxy groups -OCH3 is 1. The molecule has 0 radical (unpaired) electrons. The summed E-state index contributed by atoms with van der Waals surface area (Å²) < 4.78 is 10.2. The van der Waals surface area contributed by atoms with Crippen LogP contribution in [0.5, 0.6) is 5.75 Å². The van der Waals surface area contributed by atoms with Crippen molar-refractivity contribution in [2.24, 2.45) is 0 Å². The van der Waals surface area contributed by atoms with Crippen LogP contribution in [0.1, 0.15) is 29.2 Å². The average molecular weight is 323 g/mol. The zero-order valence-corrected chi connectivity index (χ0v) is 13.4. The summed E-state index contributed by atoms with van der Waals surface area (Å²) in [4.78, 5) is 16.4. The number of aromatic nitrogens is 2. The molecule has 0 aliphatic rings. The van der Waals surface area contributed by atoms with Crippen molar-refractivity contribution in [3.05, 3.63) is 66.1 Å². The first-order chi connectivity index (χ1) is 11.7. The second kappa shape index (κ2) is 6.95. The van der Waals surface area contributed by atoms with Crippen molar-refractivity contribution in [2.45, 2.75) is 13.0 Å². The third-order valence-corrected chi connectivity index (χ3v) is 3.60. The molecule has 6 heteroatoms. The molecule has 0 aliphatic heterocycles. The Bertz CT molecular complexity index is 830. The quantitative estimate of drug-likeness (QED) is 0.780. The summed E-state index contributed by atoms with van der Waals surface area (Å²) >= 11 is 0. The van der Waals surface area contributed by atoms with Crippen LogP contribution in [-0.4, -0.2) is 23.2 Å². The number of rotatable bonds is 5. The molecule has 1 N–H and O–H groups in total. The maximum Gasteiger partial charge on any atom is 0.316 e. The molecule has 1 heterocycles. The molecule has 3 rings (SSSR count). The van der Waals surface area contributed by atoms with Crippen LogP contribution < -0.4 is 10.1 Å². The lowest BCUT2D eigenvalue weighted by atomic mass is 10.1. The fraction of sp³-hybridized carbons (Fsp3) is 0.167. The summed E-state index contributed by atoms with van der Waals surface area (Å²) in [5.74, 6) is 0.538. The minimum absolute atomic E-state index is 0.0735. The average Bonchev–Trinajstić information content (AvgIpc) is 3.13. The standard InChI is InChI=1S/C18H17N3O3/c1-12(13-7-4-3-5-8-13)19-17(22)18-20-16(21-24-18)14-9-6-10-15(11-14)23-2/h3-12H,1-2H3,(H,19,22). The van der Waals surface area contributed by atoms with Crippen LogP contribution in [0.15, 0.2) is 59.1 Å². The van der Waals surface area contributed by atoms with E-state index in [0.717, 1.165) is 5.56 Å². The van der Waals surface area contributed by atoms with Crippen molar-refractivity contribution in [3.63, 3.8) is 0 Å². The first-order valence-corrected chi connectivity index (χ1v) is 7.51. The SMILES string of the molecule is COc1cccc(-c2noc(C(=O)NC(C)c3ccccc3)n2)c1. The zero-order valence-electron chi connectivity index (χ0n) is 13.4. The van der Waals surface area contributed by atoms with Crippen molar-refractivity contribution < 1.29 is 14.1 Å². The molecule has 24 heavy (non-hydrogen) atoms. The molecule has 0 spiro atoms. The third kappa shape index (κ3) is 3.43. The van der Waals surface area contributed by atoms with Gasteiger partial charge in [-0.3, -0.25) is 4.79 Å². The number of carbonyl (C=O) groups excluding carboxylic acids is 1. The monoisotopic (exact) mass is 323 g/mol. The fourth-order valence-electron chi connectivity index (χ4n) is 2.28. The summed E-state index contributed by atoms with van der Waals surface area (Å²) in [6.07, 6.45) is 0. The van der Waals surface area contributed by atoms with Gasteiger partial charge in [0.15, 0.2) is 0 Å². The van der Waals surface area contributed by atoms with Crippen LogP contribution in [0.2, 0.25) is 0 Å². The van der Waals surface area contributed by atoms with E-state index < -0.39 is 5.91 Å². The number of ether oxygens (including phenoxy) is 1. The van der Waals surface area contributed by atoms with Gasteiger partial charge in [0.1, 0.15) is 5.75 Å². The Balaban J connectivity index is 1.74. The van der Waals surface area contributed by atoms with Crippen LogP contribution in [0.25, 0.3) is 11.4 Å². The molecule has 1 atom stereocenters. The maximum atomic E-state index is 12.3. The van der Waals surface area contributed by atoms with Gasteiger partial charge < -0.3 is 14.6 Å². The molecule has 0 fully saturated rings. The molecule has 1 amide bonds. The summed E-state index contributed by atoms with van der Waals surface area (Å²) in [5, 5.41) is 6.70. The lowest BCUT2D eigenvalue weighted by Crippen LogP contribution is -2.26. The highest BCUT2D eigenvalue weighted by Crippen LogP contribution is 2.21. The molecule has 6 nitrogen and oxygen atoms in total. The van der Waals surface area contributed by atoms with Crippen molar-refractivity contribution in [3.8, 4) is 17.1 Å². The molecule has 122 valence electrons. The molecule has 1 unspecified atom stereocenters. The number of carbonyl (C=O) groups is 1.